The quantitative estimate of drug-likeness (QED) is 0.737. The number of carbonyl (C=O) groups is 1. The van der Waals surface area contributed by atoms with Crippen LogP contribution in [0.25, 0.3) is 0 Å². The van der Waals surface area contributed by atoms with Gasteiger partial charge in [0.1, 0.15) is 0 Å². The summed E-state index contributed by atoms with van der Waals surface area (Å²) in [4.78, 5) is 13.0. The zero-order valence-corrected chi connectivity index (χ0v) is 17.4. The van der Waals surface area contributed by atoms with E-state index in [0.29, 0.717) is 5.56 Å². The molecule has 0 radical (unpaired) electrons. The van der Waals surface area contributed by atoms with Crippen molar-refractivity contribution in [2.45, 2.75) is 57.0 Å². The van der Waals surface area contributed by atoms with Crippen LogP contribution >= 0.6 is 0 Å². The van der Waals surface area contributed by atoms with Crippen molar-refractivity contribution in [1.82, 2.24) is 10.0 Å². The molecule has 3 rings (SSSR count). The molecule has 6 heteroatoms. The molecule has 0 spiro atoms. The Bertz CT molecular complexity index is 930. The predicted octanol–water partition coefficient (Wildman–Crippen LogP) is 4.03. The van der Waals surface area contributed by atoms with Crippen LogP contribution in [0.5, 0.6) is 0 Å². The highest BCUT2D eigenvalue weighted by Crippen LogP contribution is 2.30. The Balaban J connectivity index is 1.81. The zero-order chi connectivity index (χ0) is 20.4. The van der Waals surface area contributed by atoms with E-state index in [9.17, 15) is 13.2 Å². The van der Waals surface area contributed by atoms with Crippen molar-refractivity contribution in [2.75, 3.05) is 0 Å². The Kier molecular flexibility index (Phi) is 5.91. The molecule has 2 aromatic rings. The van der Waals surface area contributed by atoms with Crippen LogP contribution in [0.2, 0.25) is 0 Å². The fraction of sp³-hybridized carbons (Fsp3) is 0.409. The lowest BCUT2D eigenvalue weighted by molar-refractivity contribution is 0.0926. The van der Waals surface area contributed by atoms with Gasteiger partial charge in [0.2, 0.25) is 10.0 Å². The third-order valence-corrected chi connectivity index (χ3v) is 6.15. The van der Waals surface area contributed by atoms with Crippen LogP contribution < -0.4 is 10.0 Å². The lowest BCUT2D eigenvalue weighted by Gasteiger charge is -2.27. The van der Waals surface area contributed by atoms with Crippen LogP contribution in [0, 0.1) is 5.41 Å². The van der Waals surface area contributed by atoms with Gasteiger partial charge in [0.15, 0.2) is 0 Å². The summed E-state index contributed by atoms with van der Waals surface area (Å²) in [6.45, 7) is 6.39. The molecule has 28 heavy (non-hydrogen) atoms. The van der Waals surface area contributed by atoms with Crippen molar-refractivity contribution in [2.24, 2.45) is 5.41 Å². The number of carbonyl (C=O) groups excluding carboxylic acids is 1. The smallest absolute Gasteiger partial charge is 0.251 e. The van der Waals surface area contributed by atoms with Gasteiger partial charge in [-0.2, -0.15) is 0 Å². The average molecular weight is 401 g/mol. The first-order valence-electron chi connectivity index (χ1n) is 9.62. The summed E-state index contributed by atoms with van der Waals surface area (Å²) >= 11 is 0. The third-order valence-electron chi connectivity index (χ3n) is 4.63. The van der Waals surface area contributed by atoms with E-state index in [0.717, 1.165) is 24.8 Å². The van der Waals surface area contributed by atoms with E-state index >= 15 is 0 Å². The summed E-state index contributed by atoms with van der Waals surface area (Å²) in [5, 5.41) is 3.08. The van der Waals surface area contributed by atoms with Gasteiger partial charge in [0.05, 0.1) is 10.9 Å². The minimum atomic E-state index is -3.59. The molecule has 0 heterocycles. The molecule has 0 saturated heterocycles. The Hall–Kier alpha value is -2.18. The maximum absolute atomic E-state index is 12.9. The van der Waals surface area contributed by atoms with E-state index in [2.05, 4.69) is 30.8 Å². The minimum Gasteiger partial charge on any atom is -0.345 e. The van der Waals surface area contributed by atoms with Crippen LogP contribution in [0.1, 0.15) is 62.0 Å². The molecule has 1 aliphatic rings. The molecular formula is C22H28N2O3S. The first-order chi connectivity index (χ1) is 13.1. The molecule has 5 nitrogen and oxygen atoms in total. The number of benzene rings is 2. The number of amides is 1. The number of sulfonamides is 1. The minimum absolute atomic E-state index is 0.0210. The van der Waals surface area contributed by atoms with Gasteiger partial charge >= 0.3 is 0 Å². The van der Waals surface area contributed by atoms with Gasteiger partial charge < -0.3 is 5.32 Å². The third kappa shape index (κ3) is 5.66. The first-order valence-corrected chi connectivity index (χ1v) is 11.1. The van der Waals surface area contributed by atoms with Crippen molar-refractivity contribution in [1.29, 1.82) is 0 Å². The average Bonchev–Trinajstić information content (AvgIpc) is 3.44. The van der Waals surface area contributed by atoms with Crippen molar-refractivity contribution < 1.29 is 13.2 Å². The first kappa shape index (κ1) is 20.6. The highest BCUT2D eigenvalue weighted by atomic mass is 32.2. The van der Waals surface area contributed by atoms with Crippen LogP contribution in [0.3, 0.4) is 0 Å². The molecule has 1 atom stereocenters. The molecule has 1 aliphatic carbocycles. The van der Waals surface area contributed by atoms with Gasteiger partial charge in [-0.05, 0) is 48.4 Å². The maximum Gasteiger partial charge on any atom is 0.251 e. The molecule has 0 aliphatic heterocycles. The molecule has 1 amide bonds. The van der Waals surface area contributed by atoms with Crippen molar-refractivity contribution in [3.8, 4) is 0 Å². The number of rotatable bonds is 7. The maximum atomic E-state index is 12.9. The summed E-state index contributed by atoms with van der Waals surface area (Å²) in [6, 6.07) is 15.9. The van der Waals surface area contributed by atoms with Gasteiger partial charge in [0.25, 0.3) is 5.91 Å². The summed E-state index contributed by atoms with van der Waals surface area (Å²) in [7, 11) is -3.59. The van der Waals surface area contributed by atoms with Gasteiger partial charge in [-0.1, -0.05) is 57.2 Å². The SMILES string of the molecule is CC(C)(C)CC(NC(=O)c1cccc(S(=O)(=O)NC2CC2)c1)c1ccccc1. The van der Waals surface area contributed by atoms with E-state index in [1.807, 2.05) is 30.3 Å². The zero-order valence-electron chi connectivity index (χ0n) is 16.6. The molecule has 150 valence electrons. The number of hydrogen-bond donors (Lipinski definition) is 2. The highest BCUT2D eigenvalue weighted by Gasteiger charge is 2.28. The monoisotopic (exact) mass is 400 g/mol. The van der Waals surface area contributed by atoms with E-state index < -0.39 is 10.0 Å². The lowest BCUT2D eigenvalue weighted by atomic mass is 9.85. The molecule has 0 aromatic heterocycles. The fourth-order valence-corrected chi connectivity index (χ4v) is 4.44. The standard InChI is InChI=1S/C22H28N2O3S/c1-22(2,3)15-20(16-8-5-4-6-9-16)23-21(25)17-10-7-11-19(14-17)28(26,27)24-18-12-13-18/h4-11,14,18,20,24H,12-13,15H2,1-3H3,(H,23,25). The van der Waals surface area contributed by atoms with E-state index in [1.54, 1.807) is 12.1 Å². The Morgan fingerprint density at radius 3 is 2.36 bits per heavy atom. The second-order valence-electron chi connectivity index (χ2n) is 8.62. The number of hydrogen-bond acceptors (Lipinski definition) is 3. The van der Waals surface area contributed by atoms with Crippen LogP contribution in [0.15, 0.2) is 59.5 Å². The van der Waals surface area contributed by atoms with Gasteiger partial charge in [0, 0.05) is 11.6 Å². The molecule has 2 N–H and O–H groups in total. The topological polar surface area (TPSA) is 75.3 Å². The Morgan fingerprint density at radius 2 is 1.75 bits per heavy atom. The van der Waals surface area contributed by atoms with Crippen LogP contribution in [0.4, 0.5) is 0 Å². The second-order valence-corrected chi connectivity index (χ2v) is 10.3. The van der Waals surface area contributed by atoms with Crippen molar-refractivity contribution >= 4 is 15.9 Å². The van der Waals surface area contributed by atoms with Gasteiger partial charge in [-0.25, -0.2) is 13.1 Å². The van der Waals surface area contributed by atoms with E-state index in [-0.39, 0.29) is 28.3 Å². The molecule has 0 bridgehead atoms. The van der Waals surface area contributed by atoms with Crippen LogP contribution in [-0.2, 0) is 10.0 Å². The molecular weight excluding hydrogens is 372 g/mol. The lowest BCUT2D eigenvalue weighted by Crippen LogP contribution is -2.31. The molecule has 1 saturated carbocycles. The molecule has 2 aromatic carbocycles. The molecule has 1 fully saturated rings. The van der Waals surface area contributed by atoms with Gasteiger partial charge in [-0.3, -0.25) is 4.79 Å². The number of nitrogens with one attached hydrogen (secondary N) is 2. The molecule has 1 unspecified atom stereocenters. The second kappa shape index (κ2) is 8.05. The summed E-state index contributed by atoms with van der Waals surface area (Å²) in [5.41, 5.74) is 1.39. The van der Waals surface area contributed by atoms with Gasteiger partial charge in [-0.15, -0.1) is 0 Å². The summed E-state index contributed by atoms with van der Waals surface area (Å²) in [5.74, 6) is -0.276. The summed E-state index contributed by atoms with van der Waals surface area (Å²) in [6.07, 6.45) is 2.50. The Labute approximate surface area is 167 Å². The summed E-state index contributed by atoms with van der Waals surface area (Å²) < 4.78 is 27.5. The fourth-order valence-electron chi connectivity index (χ4n) is 3.08. The largest absolute Gasteiger partial charge is 0.345 e. The van der Waals surface area contributed by atoms with Crippen molar-refractivity contribution in [3.63, 3.8) is 0 Å². The van der Waals surface area contributed by atoms with E-state index in [1.165, 1.54) is 12.1 Å². The normalized spacial score (nSPS) is 15.8. The highest BCUT2D eigenvalue weighted by molar-refractivity contribution is 7.89. The van der Waals surface area contributed by atoms with E-state index in [4.69, 9.17) is 0 Å². The van der Waals surface area contributed by atoms with Crippen molar-refractivity contribution in [3.05, 3.63) is 65.7 Å². The van der Waals surface area contributed by atoms with Crippen LogP contribution in [-0.4, -0.2) is 20.4 Å². The Morgan fingerprint density at radius 1 is 1.07 bits per heavy atom. The predicted molar refractivity (Wildman–Crippen MR) is 111 cm³/mol.